The average Bonchev–Trinajstić information content (AvgIpc) is 0.759. The Morgan fingerprint density at radius 3 is 1.70 bits per heavy atom. The van der Waals surface area contributed by atoms with E-state index in [0.29, 0.717) is 31.7 Å². The summed E-state index contributed by atoms with van der Waals surface area (Å²) < 4.78 is 33.2. The molecule has 7 aromatic carbocycles. The summed E-state index contributed by atoms with van der Waals surface area (Å²) in [6, 6.07) is 4.42. The molecule has 6 heterocycles. The maximum atomic E-state index is 16.9. The third kappa shape index (κ3) is 21.4. The summed E-state index contributed by atoms with van der Waals surface area (Å²) in [4.78, 5) is 141. The zero-order chi connectivity index (χ0) is 92.8. The lowest BCUT2D eigenvalue weighted by atomic mass is 9.79. The number of carbonyl (C=O) groups excluding carboxylic acids is 8. The van der Waals surface area contributed by atoms with Crippen molar-refractivity contribution in [2.75, 3.05) is 40.8 Å². The predicted octanol–water partition coefficient (Wildman–Crippen LogP) is 4.99. The van der Waals surface area contributed by atoms with Crippen LogP contribution in [0.4, 0.5) is 0 Å². The van der Waals surface area contributed by atoms with Crippen molar-refractivity contribution in [3.05, 3.63) is 164 Å². The lowest BCUT2D eigenvalue weighted by molar-refractivity contribution is -0.160. The second-order valence-corrected chi connectivity index (χ2v) is 34.6. The number of nitrogens with zero attached hydrogens (tertiary/aromatic N) is 1. The number of hydrogen-bond acceptors (Lipinski definition) is 28. The SMILES string of the molecule is CN[C@H]1C(=O)N[C@H]2C(=O)N[C@H](C(=O)N[C@H]3C(=O)N[C@H]4C(=O)NC(C(=O)N[C@H](C(=O)NCCCN(C)C)c5cc(O)cc(OC6CC(CO)C(O)C(O)C6O)c5-c5cc4ccc5O)[C@H](O)c4ccc(c(Cl)c4)Oc4cc3cc(c4OC3CC(C(=O)O)C(O)C(O)C3NC(=O)CCCCCCCCC(C)C)Oc3ccc(cc3Cl)[C@H]2O)c2cc(O)cc(c2)Oc2cc1ccc2O. The molecule has 8 aliphatic rings. The fourth-order valence-electron chi connectivity index (χ4n) is 16.9. The highest BCUT2D eigenvalue weighted by molar-refractivity contribution is 6.32. The number of carboxylic acid groups (broad SMARTS) is 1. The summed E-state index contributed by atoms with van der Waals surface area (Å²) in [6.45, 7) is 3.86. The van der Waals surface area contributed by atoms with Gasteiger partial charge in [0.15, 0.2) is 23.0 Å². The first-order chi connectivity index (χ1) is 61.5. The Balaban J connectivity index is 1.05. The maximum Gasteiger partial charge on any atom is 0.309 e. The van der Waals surface area contributed by atoms with Crippen molar-refractivity contribution in [2.24, 2.45) is 17.8 Å². The van der Waals surface area contributed by atoms with Gasteiger partial charge >= 0.3 is 5.97 Å². The molecule has 22 N–H and O–H groups in total. The molecule has 690 valence electrons. The third-order valence-electron chi connectivity index (χ3n) is 23.9. The van der Waals surface area contributed by atoms with E-state index >= 15 is 28.8 Å². The Labute approximate surface area is 749 Å². The van der Waals surface area contributed by atoms with Gasteiger partial charge in [0.2, 0.25) is 53.0 Å². The number of unbranched alkanes of at least 4 members (excludes halogenated alkanes) is 5. The molecule has 129 heavy (non-hydrogen) atoms. The molecule has 37 nitrogen and oxygen atoms in total. The number of aliphatic hydroxyl groups is 8. The van der Waals surface area contributed by atoms with E-state index in [0.717, 1.165) is 111 Å². The van der Waals surface area contributed by atoms with Gasteiger partial charge in [0.25, 0.3) is 0 Å². The van der Waals surface area contributed by atoms with E-state index in [9.17, 15) is 80.8 Å². The van der Waals surface area contributed by atoms with E-state index in [-0.39, 0.29) is 52.5 Å². The molecule has 0 aromatic heterocycles. The number of phenolic OH excluding ortho intramolecular Hbond substituents is 4. The van der Waals surface area contributed by atoms with Gasteiger partial charge in [0.05, 0.1) is 34.2 Å². The van der Waals surface area contributed by atoms with Gasteiger partial charge in [0.1, 0.15) is 125 Å². The molecular weight excluding hydrogens is 1720 g/mol. The number of hydrogen-bond donors (Lipinski definition) is 22. The molecule has 17 bridgehead atoms. The van der Waals surface area contributed by atoms with E-state index in [4.69, 9.17) is 46.9 Å². The van der Waals surface area contributed by atoms with Crippen LogP contribution in [-0.2, 0) is 43.2 Å². The summed E-state index contributed by atoms with van der Waals surface area (Å²) >= 11 is 14.5. The molecule has 11 unspecified atom stereocenters. The average molecular weight is 1830 g/mol. The summed E-state index contributed by atoms with van der Waals surface area (Å²) in [7, 11) is 4.92. The molecular formula is C90H104Cl2N10O27. The van der Waals surface area contributed by atoms with Crippen LogP contribution in [0.2, 0.25) is 10.0 Å². The first-order valence-corrected chi connectivity index (χ1v) is 43.1. The van der Waals surface area contributed by atoms with Gasteiger partial charge in [-0.25, -0.2) is 0 Å². The normalized spacial score (nSPS) is 26.3. The Bertz CT molecular complexity index is 5400. The summed E-state index contributed by atoms with van der Waals surface area (Å²) in [5.41, 5.74) is -2.93. The highest BCUT2D eigenvalue weighted by Crippen LogP contribution is 2.51. The van der Waals surface area contributed by atoms with E-state index < -0.39 is 277 Å². The van der Waals surface area contributed by atoms with E-state index in [1.807, 2.05) is 4.90 Å². The van der Waals surface area contributed by atoms with Crippen LogP contribution in [0.25, 0.3) is 11.1 Å². The smallest absolute Gasteiger partial charge is 0.309 e. The van der Waals surface area contributed by atoms with Crippen molar-refractivity contribution < 1.29 is 133 Å². The van der Waals surface area contributed by atoms with E-state index in [1.165, 1.54) is 43.4 Å². The minimum Gasteiger partial charge on any atom is -0.508 e. The number of ether oxygens (including phenoxy) is 5. The minimum absolute atomic E-state index is 0.0773. The van der Waals surface area contributed by atoms with Crippen LogP contribution in [0.5, 0.6) is 69.0 Å². The van der Waals surface area contributed by atoms with Crippen LogP contribution in [0.1, 0.15) is 166 Å². The topological polar surface area (TPSA) is 574 Å². The van der Waals surface area contributed by atoms with Crippen molar-refractivity contribution >= 4 is 76.4 Å². The number of benzene rings is 7. The largest absolute Gasteiger partial charge is 0.508 e. The Kier molecular flexibility index (Phi) is 30.0. The standard InChI is InChI=1S/C90H104Cl2N10O27/c1-39(2)13-10-8-6-7-9-11-14-65(108)95-72-61(37-52(90(123)124)78(112)80(72)114)129-82-63-31-45-32-64(82)127-58-22-18-43(29-54(58)92)76(110)74-89(122)99-71(83(116)94-23-12-24-102(4)5)51-35-48(105)36-60(128-62-33-46(38-103)77(111)81(115)79(62)113)66(51)50-27-40(15-19-55(50)106)68(85(118)101-74)96-87(120)70(45)97-86(119)69-44-25-47(104)34-49(26-44)125-59-30-41(16-20-56(59)107)67(93-3)84(117)100-73(88(121)98-69)75(109)42-17-21-57(126-63)53(91)28-42/h15-22,25-32,34-36,39,46,52,61-62,67-81,93,103-107,109-115H,6-14,23-24,33,37-38H2,1-5H3,(H,94,116)(H,95,108)(H,96,120)(H,97,119)(H,98,121)(H,99,122)(H,100,117)(H,101,118)(H,123,124)/t46?,52?,61?,62?,67-,68-,69+,70-,71+,72?,73-,74?,75-,76-,77?,78?,79?,80?,81?/m1/s1. The van der Waals surface area contributed by atoms with Crippen LogP contribution in [0.15, 0.2) is 115 Å². The molecule has 6 aliphatic heterocycles. The number of nitrogens with one attached hydrogen (secondary N) is 9. The van der Waals surface area contributed by atoms with Gasteiger partial charge in [0, 0.05) is 55.2 Å². The number of fused-ring (bicyclic) bond motifs is 14. The Morgan fingerprint density at radius 1 is 0.527 bits per heavy atom. The number of halogens is 2. The van der Waals surface area contributed by atoms with Crippen LogP contribution < -0.4 is 71.5 Å². The highest BCUT2D eigenvalue weighted by Gasteiger charge is 2.51. The number of aromatic hydroxyl groups is 4. The summed E-state index contributed by atoms with van der Waals surface area (Å²) in [6.07, 6.45) is -12.8. The Morgan fingerprint density at radius 2 is 1.09 bits per heavy atom. The lowest BCUT2D eigenvalue weighted by Crippen LogP contribution is -2.63. The van der Waals surface area contributed by atoms with Crippen molar-refractivity contribution in [2.45, 2.75) is 188 Å². The number of carbonyl (C=O) groups is 9. The number of phenols is 4. The minimum atomic E-state index is -2.45. The van der Waals surface area contributed by atoms with Gasteiger partial charge in [-0.15, -0.1) is 0 Å². The molecule has 0 radical (unpaired) electrons. The van der Waals surface area contributed by atoms with Gasteiger partial charge in [-0.2, -0.15) is 0 Å². The van der Waals surface area contributed by atoms with Gasteiger partial charge in [-0.1, -0.05) is 99.8 Å². The number of aliphatic hydroxyl groups excluding tert-OH is 8. The highest BCUT2D eigenvalue weighted by atomic mass is 35.5. The number of carboxylic acids is 1. The monoisotopic (exact) mass is 1830 g/mol. The van der Waals surface area contributed by atoms with Crippen molar-refractivity contribution in [1.29, 1.82) is 0 Å². The van der Waals surface area contributed by atoms with Crippen LogP contribution in [0, 0.1) is 17.8 Å². The molecule has 2 aliphatic carbocycles. The summed E-state index contributed by atoms with van der Waals surface area (Å²) in [5.74, 6) is -20.4. The number of rotatable bonds is 22. The molecule has 0 saturated heterocycles. The van der Waals surface area contributed by atoms with Crippen LogP contribution in [0.3, 0.4) is 0 Å². The van der Waals surface area contributed by atoms with Crippen LogP contribution in [-0.4, -0.2) is 226 Å². The second kappa shape index (κ2) is 40.9. The Hall–Kier alpha value is -11.9. The predicted molar refractivity (Wildman–Crippen MR) is 460 cm³/mol. The molecule has 8 amide bonds. The van der Waals surface area contributed by atoms with Crippen LogP contribution >= 0.6 is 23.2 Å². The van der Waals surface area contributed by atoms with E-state index in [1.54, 1.807) is 14.1 Å². The first kappa shape index (κ1) is 94.8. The third-order valence-corrected chi connectivity index (χ3v) is 24.4. The van der Waals surface area contributed by atoms with Crippen molar-refractivity contribution in [3.63, 3.8) is 0 Å². The van der Waals surface area contributed by atoms with Gasteiger partial charge in [-0.05, 0) is 171 Å². The second-order valence-electron chi connectivity index (χ2n) is 33.8. The zero-order valence-corrected chi connectivity index (χ0v) is 72.2. The fourth-order valence-corrected chi connectivity index (χ4v) is 17.3. The number of amides is 8. The molecule has 0 spiro atoms. The quantitative estimate of drug-likeness (QED) is 0.0398. The van der Waals surface area contributed by atoms with Crippen molar-refractivity contribution in [1.82, 2.24) is 52.8 Å². The zero-order valence-electron chi connectivity index (χ0n) is 70.6. The maximum absolute atomic E-state index is 16.9. The molecule has 2 fully saturated rings. The molecule has 2 saturated carbocycles. The van der Waals surface area contributed by atoms with Crippen molar-refractivity contribution in [3.8, 4) is 80.1 Å². The van der Waals surface area contributed by atoms with Gasteiger partial charge < -0.3 is 143 Å². The number of likely N-dealkylation sites (N-methyl/N-ethyl adjacent to an activating group) is 1. The lowest BCUT2D eigenvalue weighted by Gasteiger charge is -2.41. The fraction of sp³-hybridized carbons (Fsp3) is 0.433. The summed E-state index contributed by atoms with van der Waals surface area (Å²) in [5, 5.41) is 175. The molecule has 7 aromatic rings. The van der Waals surface area contributed by atoms with Gasteiger partial charge in [-0.3, -0.25) is 43.2 Å². The number of aliphatic carboxylic acids is 1. The molecule has 19 atom stereocenters. The first-order valence-electron chi connectivity index (χ1n) is 42.3. The van der Waals surface area contributed by atoms with E-state index in [2.05, 4.69) is 61.7 Å². The molecule has 39 heteroatoms. The molecule has 15 rings (SSSR count).